The van der Waals surface area contributed by atoms with Gasteiger partial charge in [0.1, 0.15) is 11.6 Å². The summed E-state index contributed by atoms with van der Waals surface area (Å²) in [6.07, 6.45) is 1.51. The van der Waals surface area contributed by atoms with E-state index in [-0.39, 0.29) is 30.2 Å². The van der Waals surface area contributed by atoms with Gasteiger partial charge >= 0.3 is 5.97 Å². The minimum atomic E-state index is -0.273. The number of rotatable bonds is 8. The molecule has 2 saturated heterocycles. The SMILES string of the molecule is CCOC(=O)[C@@H]1CCCN(C(=O)COc2ccc(-c3ccc(F)cc3)cc2CN2CCN(C)CC2)C1. The van der Waals surface area contributed by atoms with Crippen molar-refractivity contribution in [2.24, 2.45) is 5.92 Å². The molecule has 36 heavy (non-hydrogen) atoms. The zero-order valence-corrected chi connectivity index (χ0v) is 21.2. The van der Waals surface area contributed by atoms with E-state index in [2.05, 4.69) is 22.9 Å². The zero-order valence-electron chi connectivity index (χ0n) is 21.2. The highest BCUT2D eigenvalue weighted by molar-refractivity contribution is 5.80. The monoisotopic (exact) mass is 497 g/mol. The molecular formula is C28H36FN3O4. The first-order valence-electron chi connectivity index (χ1n) is 12.8. The van der Waals surface area contributed by atoms with Gasteiger partial charge < -0.3 is 19.3 Å². The van der Waals surface area contributed by atoms with Crippen LogP contribution in [0.5, 0.6) is 5.75 Å². The van der Waals surface area contributed by atoms with E-state index in [0.29, 0.717) is 32.0 Å². The molecule has 0 unspecified atom stereocenters. The highest BCUT2D eigenvalue weighted by atomic mass is 19.1. The highest BCUT2D eigenvalue weighted by Gasteiger charge is 2.29. The number of benzene rings is 2. The summed E-state index contributed by atoms with van der Waals surface area (Å²) in [5, 5.41) is 0. The van der Waals surface area contributed by atoms with Gasteiger partial charge in [-0.25, -0.2) is 4.39 Å². The Morgan fingerprint density at radius 1 is 1.00 bits per heavy atom. The molecule has 0 aliphatic carbocycles. The number of nitrogens with zero attached hydrogens (tertiary/aromatic N) is 3. The predicted molar refractivity (Wildman–Crippen MR) is 136 cm³/mol. The molecule has 2 heterocycles. The molecule has 194 valence electrons. The van der Waals surface area contributed by atoms with Crippen molar-refractivity contribution in [3.63, 3.8) is 0 Å². The Morgan fingerprint density at radius 3 is 2.44 bits per heavy atom. The summed E-state index contributed by atoms with van der Waals surface area (Å²) in [5.41, 5.74) is 2.90. The number of amides is 1. The van der Waals surface area contributed by atoms with E-state index in [0.717, 1.165) is 55.7 Å². The molecule has 4 rings (SSSR count). The van der Waals surface area contributed by atoms with Crippen LogP contribution in [0, 0.1) is 11.7 Å². The number of carbonyl (C=O) groups is 2. The highest BCUT2D eigenvalue weighted by Crippen LogP contribution is 2.29. The van der Waals surface area contributed by atoms with Crippen LogP contribution < -0.4 is 4.74 Å². The van der Waals surface area contributed by atoms with Crippen LogP contribution in [0.15, 0.2) is 42.5 Å². The van der Waals surface area contributed by atoms with Crippen LogP contribution in [-0.2, 0) is 20.9 Å². The van der Waals surface area contributed by atoms with Gasteiger partial charge in [-0.15, -0.1) is 0 Å². The van der Waals surface area contributed by atoms with Crippen LogP contribution in [0.4, 0.5) is 4.39 Å². The maximum absolute atomic E-state index is 13.4. The molecule has 0 spiro atoms. The maximum atomic E-state index is 13.4. The minimum Gasteiger partial charge on any atom is -0.483 e. The zero-order chi connectivity index (χ0) is 25.5. The van der Waals surface area contributed by atoms with Gasteiger partial charge in [0.25, 0.3) is 5.91 Å². The molecule has 2 aromatic rings. The first-order valence-corrected chi connectivity index (χ1v) is 12.8. The number of hydrogen-bond donors (Lipinski definition) is 0. The van der Waals surface area contributed by atoms with Crippen LogP contribution >= 0.6 is 0 Å². The average Bonchev–Trinajstić information content (AvgIpc) is 2.89. The molecule has 7 nitrogen and oxygen atoms in total. The van der Waals surface area contributed by atoms with Crippen molar-refractivity contribution in [1.29, 1.82) is 0 Å². The molecule has 0 aromatic heterocycles. The molecule has 2 aliphatic heterocycles. The van der Waals surface area contributed by atoms with Crippen molar-refractivity contribution in [2.45, 2.75) is 26.3 Å². The van der Waals surface area contributed by atoms with Crippen molar-refractivity contribution in [2.75, 3.05) is 59.5 Å². The van der Waals surface area contributed by atoms with Crippen molar-refractivity contribution in [3.05, 3.63) is 53.8 Å². The summed E-state index contributed by atoms with van der Waals surface area (Å²) < 4.78 is 24.6. The van der Waals surface area contributed by atoms with E-state index in [1.807, 2.05) is 12.1 Å². The number of likely N-dealkylation sites (N-methyl/N-ethyl adjacent to an activating group) is 1. The van der Waals surface area contributed by atoms with E-state index < -0.39 is 0 Å². The van der Waals surface area contributed by atoms with Crippen molar-refractivity contribution >= 4 is 11.9 Å². The van der Waals surface area contributed by atoms with E-state index in [4.69, 9.17) is 9.47 Å². The Balaban J connectivity index is 1.46. The standard InChI is InChI=1S/C28H36FN3O4/c1-3-35-28(34)23-5-4-12-32(19-23)27(33)20-36-26-11-8-22(21-6-9-25(29)10-7-21)17-24(26)18-31-15-13-30(2)14-16-31/h6-11,17,23H,3-5,12-16,18-20H2,1-2H3/t23-/m1/s1. The molecule has 1 atom stereocenters. The fourth-order valence-electron chi connectivity index (χ4n) is 4.80. The van der Waals surface area contributed by atoms with E-state index in [1.54, 1.807) is 24.0 Å². The molecule has 2 fully saturated rings. The second-order valence-corrected chi connectivity index (χ2v) is 9.63. The van der Waals surface area contributed by atoms with Gasteiger partial charge in [-0.05, 0) is 62.2 Å². The third kappa shape index (κ3) is 6.83. The van der Waals surface area contributed by atoms with Gasteiger partial charge in [-0.2, -0.15) is 0 Å². The summed E-state index contributed by atoms with van der Waals surface area (Å²) >= 11 is 0. The second-order valence-electron chi connectivity index (χ2n) is 9.63. The molecule has 0 saturated carbocycles. The van der Waals surface area contributed by atoms with E-state index in [1.165, 1.54) is 12.1 Å². The van der Waals surface area contributed by atoms with Gasteiger partial charge in [0.05, 0.1) is 12.5 Å². The maximum Gasteiger partial charge on any atom is 0.310 e. The Kier molecular flexibility index (Phi) is 8.93. The normalized spacial score (nSPS) is 19.2. The molecule has 0 N–H and O–H groups in total. The minimum absolute atomic E-state index is 0.0822. The average molecular weight is 498 g/mol. The van der Waals surface area contributed by atoms with Crippen LogP contribution in [0.3, 0.4) is 0 Å². The van der Waals surface area contributed by atoms with Crippen LogP contribution in [-0.4, -0.2) is 86.1 Å². The van der Waals surface area contributed by atoms with Crippen LogP contribution in [0.25, 0.3) is 11.1 Å². The first kappa shape index (κ1) is 26.1. The summed E-state index contributed by atoms with van der Waals surface area (Å²) in [5.74, 6) is -0.228. The second kappa shape index (κ2) is 12.3. The molecule has 0 bridgehead atoms. The summed E-state index contributed by atoms with van der Waals surface area (Å²) in [4.78, 5) is 31.5. The Hall–Kier alpha value is -2.97. The smallest absolute Gasteiger partial charge is 0.310 e. The lowest BCUT2D eigenvalue weighted by Gasteiger charge is -2.33. The molecule has 1 amide bonds. The number of carbonyl (C=O) groups excluding carboxylic acids is 2. The Morgan fingerprint density at radius 2 is 1.72 bits per heavy atom. The van der Waals surface area contributed by atoms with Gasteiger partial charge in [0, 0.05) is 51.4 Å². The fourth-order valence-corrected chi connectivity index (χ4v) is 4.80. The Bertz CT molecular complexity index is 1040. The van der Waals surface area contributed by atoms with Gasteiger partial charge in [-0.3, -0.25) is 14.5 Å². The molecule has 0 radical (unpaired) electrons. The Labute approximate surface area is 212 Å². The lowest BCUT2D eigenvalue weighted by molar-refractivity contribution is -0.151. The summed E-state index contributed by atoms with van der Waals surface area (Å²) in [7, 11) is 2.12. The summed E-state index contributed by atoms with van der Waals surface area (Å²) in [6, 6.07) is 12.4. The van der Waals surface area contributed by atoms with Gasteiger partial charge in [0.15, 0.2) is 6.61 Å². The van der Waals surface area contributed by atoms with Gasteiger partial charge in [0.2, 0.25) is 0 Å². The summed E-state index contributed by atoms with van der Waals surface area (Å²) in [6.45, 7) is 7.68. The van der Waals surface area contributed by atoms with Crippen LogP contribution in [0.2, 0.25) is 0 Å². The fraction of sp³-hybridized carbons (Fsp3) is 0.500. The number of piperidine rings is 1. The third-order valence-electron chi connectivity index (χ3n) is 6.97. The third-order valence-corrected chi connectivity index (χ3v) is 6.97. The first-order chi connectivity index (χ1) is 17.4. The van der Waals surface area contributed by atoms with Crippen molar-refractivity contribution in [1.82, 2.24) is 14.7 Å². The number of likely N-dealkylation sites (tertiary alicyclic amines) is 1. The van der Waals surface area contributed by atoms with Crippen molar-refractivity contribution < 1.29 is 23.5 Å². The van der Waals surface area contributed by atoms with E-state index >= 15 is 0 Å². The molecular weight excluding hydrogens is 461 g/mol. The quantitative estimate of drug-likeness (QED) is 0.521. The predicted octanol–water partition coefficient (Wildman–Crippen LogP) is 3.42. The number of piperazine rings is 1. The molecule has 2 aliphatic rings. The number of ether oxygens (including phenoxy) is 2. The topological polar surface area (TPSA) is 62.3 Å². The lowest BCUT2D eigenvalue weighted by atomic mass is 9.98. The van der Waals surface area contributed by atoms with Crippen LogP contribution in [0.1, 0.15) is 25.3 Å². The van der Waals surface area contributed by atoms with Crippen molar-refractivity contribution in [3.8, 4) is 16.9 Å². The number of hydrogen-bond acceptors (Lipinski definition) is 6. The number of halogens is 1. The molecule has 8 heteroatoms. The van der Waals surface area contributed by atoms with Gasteiger partial charge in [-0.1, -0.05) is 18.2 Å². The molecule has 2 aromatic carbocycles. The number of esters is 1. The largest absolute Gasteiger partial charge is 0.483 e. The van der Waals surface area contributed by atoms with E-state index in [9.17, 15) is 14.0 Å². The lowest BCUT2D eigenvalue weighted by Crippen LogP contribution is -2.45.